The molecule has 0 bridgehead atoms. The molecule has 1 aromatic heterocycles. The molecule has 3 aromatic rings. The number of tetrazole rings is 1. The number of hydrogen-bond acceptors (Lipinski definition) is 3. The van der Waals surface area contributed by atoms with Gasteiger partial charge in [-0.2, -0.15) is 0 Å². The minimum atomic E-state index is -1.16. The van der Waals surface area contributed by atoms with Crippen molar-refractivity contribution in [2.75, 3.05) is 0 Å². The lowest BCUT2D eigenvalue weighted by molar-refractivity contribution is -0.735. The van der Waals surface area contributed by atoms with Crippen molar-refractivity contribution >= 4 is 5.97 Å². The van der Waals surface area contributed by atoms with E-state index < -0.39 is 5.97 Å². The van der Waals surface area contributed by atoms with Crippen LogP contribution in [-0.2, 0) is 0 Å². The summed E-state index contributed by atoms with van der Waals surface area (Å²) in [5.74, 6) is -1.41. The highest BCUT2D eigenvalue weighted by atomic mass is 16.4. The zero-order valence-corrected chi connectivity index (χ0v) is 10.4. The number of hydrogen-bond donors (Lipinski definition) is 1. The van der Waals surface area contributed by atoms with Crippen LogP contribution in [0.5, 0.6) is 0 Å². The maximum absolute atomic E-state index is 11.1. The Morgan fingerprint density at radius 2 is 1.60 bits per heavy atom. The lowest BCUT2D eigenvalue weighted by Gasteiger charge is -1.98. The number of carbonyl (C=O) groups is 1. The van der Waals surface area contributed by atoms with Crippen LogP contribution in [0.25, 0.3) is 11.4 Å². The van der Waals surface area contributed by atoms with Gasteiger partial charge in [-0.15, -0.1) is 0 Å². The molecule has 1 heterocycles. The monoisotopic (exact) mass is 267 g/mol. The highest BCUT2D eigenvalue weighted by Gasteiger charge is 2.26. The molecule has 0 saturated heterocycles. The SMILES string of the molecule is O=C(O)c1nn(-c2ccccc2)[n+](-c2ccccc2)n1. The van der Waals surface area contributed by atoms with Crippen molar-refractivity contribution in [2.24, 2.45) is 0 Å². The maximum atomic E-state index is 11.1. The molecular formula is C14H11N4O2+. The second-order valence-corrected chi connectivity index (χ2v) is 4.08. The molecule has 0 spiro atoms. The average Bonchev–Trinajstić information content (AvgIpc) is 2.94. The molecule has 0 radical (unpaired) electrons. The van der Waals surface area contributed by atoms with E-state index in [4.69, 9.17) is 5.11 Å². The van der Waals surface area contributed by atoms with Crippen LogP contribution in [-0.4, -0.2) is 26.1 Å². The largest absolute Gasteiger partial charge is 0.473 e. The molecule has 0 fully saturated rings. The highest BCUT2D eigenvalue weighted by molar-refractivity contribution is 5.82. The molecule has 6 heteroatoms. The third-order valence-corrected chi connectivity index (χ3v) is 2.72. The Bertz CT molecular complexity index is 681. The Balaban J connectivity index is 2.20. The molecule has 0 unspecified atom stereocenters. The summed E-state index contributed by atoms with van der Waals surface area (Å²) >= 11 is 0. The van der Waals surface area contributed by atoms with Crippen LogP contribution in [0.2, 0.25) is 0 Å². The van der Waals surface area contributed by atoms with Gasteiger partial charge in [0.2, 0.25) is 0 Å². The van der Waals surface area contributed by atoms with E-state index in [1.165, 1.54) is 9.59 Å². The van der Waals surface area contributed by atoms with Crippen molar-refractivity contribution in [3.63, 3.8) is 0 Å². The van der Waals surface area contributed by atoms with Gasteiger partial charge >= 0.3 is 11.8 Å². The van der Waals surface area contributed by atoms with Gasteiger partial charge in [-0.1, -0.05) is 36.4 Å². The molecule has 0 aliphatic carbocycles. The molecular weight excluding hydrogens is 256 g/mol. The highest BCUT2D eigenvalue weighted by Crippen LogP contribution is 2.05. The molecule has 0 amide bonds. The van der Waals surface area contributed by atoms with Crippen molar-refractivity contribution in [1.82, 2.24) is 15.0 Å². The van der Waals surface area contributed by atoms with Crippen LogP contribution in [0.3, 0.4) is 0 Å². The van der Waals surface area contributed by atoms with Gasteiger partial charge in [0.05, 0.1) is 5.10 Å². The Kier molecular flexibility index (Phi) is 2.96. The molecule has 6 nitrogen and oxygen atoms in total. The Hall–Kier alpha value is -3.02. The van der Waals surface area contributed by atoms with Crippen LogP contribution in [0.4, 0.5) is 0 Å². The summed E-state index contributed by atoms with van der Waals surface area (Å²) < 4.78 is 0. The predicted molar refractivity (Wildman–Crippen MR) is 69.9 cm³/mol. The number of rotatable bonds is 3. The van der Waals surface area contributed by atoms with Crippen molar-refractivity contribution in [2.45, 2.75) is 0 Å². The fraction of sp³-hybridized carbons (Fsp3) is 0. The summed E-state index contributed by atoms with van der Waals surface area (Å²) in [5.41, 5.74) is 1.47. The van der Waals surface area contributed by atoms with E-state index in [9.17, 15) is 4.79 Å². The van der Waals surface area contributed by atoms with E-state index >= 15 is 0 Å². The van der Waals surface area contributed by atoms with E-state index in [1.807, 2.05) is 60.7 Å². The lowest BCUT2D eigenvalue weighted by Crippen LogP contribution is -2.43. The van der Waals surface area contributed by atoms with Crippen LogP contribution in [0, 0.1) is 0 Å². The Labute approximate surface area is 114 Å². The zero-order valence-electron chi connectivity index (χ0n) is 10.4. The molecule has 1 N–H and O–H groups in total. The predicted octanol–water partition coefficient (Wildman–Crippen LogP) is 1.24. The second kappa shape index (κ2) is 4.93. The summed E-state index contributed by atoms with van der Waals surface area (Å²) in [7, 11) is 0. The third kappa shape index (κ3) is 2.14. The molecule has 0 saturated carbocycles. The fourth-order valence-corrected chi connectivity index (χ4v) is 1.83. The second-order valence-electron chi connectivity index (χ2n) is 4.08. The van der Waals surface area contributed by atoms with Crippen LogP contribution in [0.1, 0.15) is 10.6 Å². The summed E-state index contributed by atoms with van der Waals surface area (Å²) in [6.45, 7) is 0. The van der Waals surface area contributed by atoms with Gasteiger partial charge in [-0.25, -0.2) is 4.79 Å². The van der Waals surface area contributed by atoms with E-state index in [0.717, 1.165) is 11.4 Å². The lowest BCUT2D eigenvalue weighted by atomic mass is 10.3. The summed E-state index contributed by atoms with van der Waals surface area (Å²) in [5, 5.41) is 17.1. The first-order valence-corrected chi connectivity index (χ1v) is 5.99. The molecule has 3 rings (SSSR count). The van der Waals surface area contributed by atoms with Gasteiger partial charge in [-0.3, -0.25) is 0 Å². The van der Waals surface area contributed by atoms with E-state index in [-0.39, 0.29) is 5.82 Å². The first kappa shape index (κ1) is 12.0. The maximum Gasteiger partial charge on any atom is 0.416 e. The van der Waals surface area contributed by atoms with E-state index in [2.05, 4.69) is 10.2 Å². The smallest absolute Gasteiger partial charge is 0.416 e. The third-order valence-electron chi connectivity index (χ3n) is 2.72. The van der Waals surface area contributed by atoms with Gasteiger partial charge < -0.3 is 5.11 Å². The van der Waals surface area contributed by atoms with Crippen LogP contribution in [0.15, 0.2) is 60.7 Å². The van der Waals surface area contributed by atoms with Crippen molar-refractivity contribution < 1.29 is 14.7 Å². The standard InChI is InChI=1S/C14H10N4O2/c19-14(20)13-15-17(11-7-3-1-4-8-11)18(16-13)12-9-5-2-6-10-12/h1-10H/p+1. The van der Waals surface area contributed by atoms with Gasteiger partial charge in [0.25, 0.3) is 0 Å². The summed E-state index contributed by atoms with van der Waals surface area (Å²) in [6, 6.07) is 18.5. The quantitative estimate of drug-likeness (QED) is 0.725. The summed E-state index contributed by atoms with van der Waals surface area (Å²) in [6.07, 6.45) is 0. The molecule has 2 aromatic carbocycles. The first-order valence-electron chi connectivity index (χ1n) is 5.99. The number of para-hydroxylation sites is 2. The minimum Gasteiger partial charge on any atom is -0.473 e. The van der Waals surface area contributed by atoms with Crippen molar-refractivity contribution in [3.8, 4) is 11.4 Å². The first-order chi connectivity index (χ1) is 9.75. The normalized spacial score (nSPS) is 10.4. The number of nitrogens with zero attached hydrogens (tertiary/aromatic N) is 4. The van der Waals surface area contributed by atoms with E-state index in [0.29, 0.717) is 0 Å². The summed E-state index contributed by atoms with van der Waals surface area (Å²) in [4.78, 5) is 14.0. The van der Waals surface area contributed by atoms with Crippen molar-refractivity contribution in [3.05, 3.63) is 66.5 Å². The number of carboxylic acids is 1. The fourth-order valence-electron chi connectivity index (χ4n) is 1.83. The van der Waals surface area contributed by atoms with Gasteiger partial charge in [0, 0.05) is 9.90 Å². The topological polar surface area (TPSA) is 71.9 Å². The molecule has 0 atom stereocenters. The number of benzene rings is 2. The van der Waals surface area contributed by atoms with Crippen LogP contribution >= 0.6 is 0 Å². The molecule has 20 heavy (non-hydrogen) atoms. The molecule has 98 valence electrons. The minimum absolute atomic E-state index is 0.252. The number of carboxylic acid groups (broad SMARTS) is 1. The zero-order chi connectivity index (χ0) is 13.9. The average molecular weight is 267 g/mol. The molecule has 0 aliphatic heterocycles. The van der Waals surface area contributed by atoms with Crippen LogP contribution < -0.4 is 4.80 Å². The Morgan fingerprint density at radius 1 is 1.00 bits per heavy atom. The van der Waals surface area contributed by atoms with Gasteiger partial charge in [0.15, 0.2) is 5.69 Å². The van der Waals surface area contributed by atoms with Gasteiger partial charge in [0.1, 0.15) is 5.69 Å². The van der Waals surface area contributed by atoms with E-state index in [1.54, 1.807) is 0 Å². The van der Waals surface area contributed by atoms with Gasteiger partial charge in [-0.05, 0) is 29.1 Å². The number of aromatic nitrogens is 4. The molecule has 0 aliphatic rings. The number of aromatic carboxylic acids is 1. The Morgan fingerprint density at radius 3 is 2.20 bits per heavy atom. The van der Waals surface area contributed by atoms with Crippen molar-refractivity contribution in [1.29, 1.82) is 0 Å².